The molecular formula is C11H20N2O2S3. The molecule has 0 radical (unpaired) electrons. The van der Waals surface area contributed by atoms with Gasteiger partial charge in [-0.05, 0) is 31.9 Å². The second kappa shape index (κ2) is 7.49. The zero-order valence-corrected chi connectivity index (χ0v) is 13.3. The smallest absolute Gasteiger partial charge is 0.250 e. The SMILES string of the molecule is CNCc1ccc(S(=O)(=O)NCCC(C)SC)s1. The molecule has 1 heterocycles. The van der Waals surface area contributed by atoms with Crippen molar-refractivity contribution in [3.8, 4) is 0 Å². The second-order valence-electron chi connectivity index (χ2n) is 3.98. The summed E-state index contributed by atoms with van der Waals surface area (Å²) in [5, 5.41) is 3.48. The fraction of sp³-hybridized carbons (Fsp3) is 0.636. The molecule has 1 rings (SSSR count). The van der Waals surface area contributed by atoms with Crippen LogP contribution in [0.5, 0.6) is 0 Å². The van der Waals surface area contributed by atoms with Gasteiger partial charge in [-0.15, -0.1) is 11.3 Å². The van der Waals surface area contributed by atoms with Gasteiger partial charge in [-0.25, -0.2) is 13.1 Å². The highest BCUT2D eigenvalue weighted by atomic mass is 32.2. The van der Waals surface area contributed by atoms with Crippen LogP contribution in [-0.2, 0) is 16.6 Å². The fourth-order valence-corrected chi connectivity index (χ4v) is 4.17. The normalized spacial score (nSPS) is 13.7. The molecule has 7 heteroatoms. The van der Waals surface area contributed by atoms with Crippen molar-refractivity contribution >= 4 is 33.1 Å². The summed E-state index contributed by atoms with van der Waals surface area (Å²) < 4.78 is 27.0. The highest BCUT2D eigenvalue weighted by Crippen LogP contribution is 2.21. The predicted molar refractivity (Wildman–Crippen MR) is 79.9 cm³/mol. The first kappa shape index (κ1) is 16.0. The van der Waals surface area contributed by atoms with E-state index >= 15 is 0 Å². The Morgan fingerprint density at radius 3 is 2.78 bits per heavy atom. The lowest BCUT2D eigenvalue weighted by molar-refractivity contribution is 0.581. The van der Waals surface area contributed by atoms with Gasteiger partial charge in [0.2, 0.25) is 10.0 Å². The number of thioether (sulfide) groups is 1. The summed E-state index contributed by atoms with van der Waals surface area (Å²) in [6, 6.07) is 3.51. The molecule has 1 aromatic heterocycles. The Morgan fingerprint density at radius 2 is 2.17 bits per heavy atom. The summed E-state index contributed by atoms with van der Waals surface area (Å²) in [6.45, 7) is 3.28. The molecule has 0 saturated carbocycles. The number of hydrogen-bond acceptors (Lipinski definition) is 5. The number of nitrogens with one attached hydrogen (secondary N) is 2. The minimum absolute atomic E-state index is 0.393. The van der Waals surface area contributed by atoms with E-state index in [1.165, 1.54) is 11.3 Å². The number of sulfonamides is 1. The lowest BCUT2D eigenvalue weighted by Crippen LogP contribution is -2.25. The third-order valence-corrected chi connectivity index (χ3v) is 6.58. The van der Waals surface area contributed by atoms with Crippen LogP contribution in [0.2, 0.25) is 0 Å². The van der Waals surface area contributed by atoms with E-state index in [9.17, 15) is 8.42 Å². The van der Waals surface area contributed by atoms with E-state index < -0.39 is 10.0 Å². The van der Waals surface area contributed by atoms with Crippen molar-refractivity contribution in [2.24, 2.45) is 0 Å². The van der Waals surface area contributed by atoms with Crippen molar-refractivity contribution in [1.29, 1.82) is 0 Å². The van der Waals surface area contributed by atoms with Crippen molar-refractivity contribution in [3.05, 3.63) is 17.0 Å². The minimum Gasteiger partial charge on any atom is -0.315 e. The van der Waals surface area contributed by atoms with E-state index in [4.69, 9.17) is 0 Å². The molecular weight excluding hydrogens is 288 g/mol. The van der Waals surface area contributed by atoms with Gasteiger partial charge in [0.25, 0.3) is 0 Å². The molecule has 0 saturated heterocycles. The molecule has 0 bridgehead atoms. The van der Waals surface area contributed by atoms with E-state index in [0.29, 0.717) is 22.5 Å². The fourth-order valence-electron chi connectivity index (χ4n) is 1.36. The molecule has 1 atom stereocenters. The molecule has 104 valence electrons. The molecule has 0 amide bonds. The zero-order valence-electron chi connectivity index (χ0n) is 10.9. The molecule has 4 nitrogen and oxygen atoms in total. The minimum atomic E-state index is -3.33. The quantitative estimate of drug-likeness (QED) is 0.770. The van der Waals surface area contributed by atoms with Gasteiger partial charge >= 0.3 is 0 Å². The van der Waals surface area contributed by atoms with E-state index in [0.717, 1.165) is 11.3 Å². The van der Waals surface area contributed by atoms with E-state index in [1.807, 2.05) is 19.4 Å². The topological polar surface area (TPSA) is 58.2 Å². The second-order valence-corrected chi connectivity index (χ2v) is 8.42. The summed E-state index contributed by atoms with van der Waals surface area (Å²) in [5.41, 5.74) is 0. The van der Waals surface area contributed by atoms with Crippen molar-refractivity contribution in [2.45, 2.75) is 29.3 Å². The van der Waals surface area contributed by atoms with Gasteiger partial charge in [0.05, 0.1) is 0 Å². The number of thiophene rings is 1. The summed E-state index contributed by atoms with van der Waals surface area (Å²) in [6.07, 6.45) is 2.87. The van der Waals surface area contributed by atoms with E-state index in [1.54, 1.807) is 17.8 Å². The van der Waals surface area contributed by atoms with Crippen LogP contribution in [0.1, 0.15) is 18.2 Å². The first-order valence-electron chi connectivity index (χ1n) is 5.75. The molecule has 0 aliphatic carbocycles. The molecule has 0 spiro atoms. The largest absolute Gasteiger partial charge is 0.315 e. The third kappa shape index (κ3) is 4.89. The third-order valence-electron chi connectivity index (χ3n) is 2.50. The number of hydrogen-bond donors (Lipinski definition) is 2. The number of rotatable bonds is 8. The lowest BCUT2D eigenvalue weighted by atomic mass is 10.3. The highest BCUT2D eigenvalue weighted by molar-refractivity contribution is 7.99. The first-order chi connectivity index (χ1) is 8.49. The van der Waals surface area contributed by atoms with Crippen molar-refractivity contribution in [1.82, 2.24) is 10.0 Å². The molecule has 18 heavy (non-hydrogen) atoms. The standard InChI is InChI=1S/C11H20N2O2S3/c1-9(16-3)6-7-13-18(14,15)11-5-4-10(17-11)8-12-2/h4-5,9,12-13H,6-8H2,1-3H3. The van der Waals surface area contributed by atoms with Crippen LogP contribution in [0.25, 0.3) is 0 Å². The van der Waals surface area contributed by atoms with Gasteiger partial charge in [0.15, 0.2) is 0 Å². The van der Waals surface area contributed by atoms with Gasteiger partial charge < -0.3 is 5.32 Å². The maximum atomic E-state index is 12.0. The van der Waals surface area contributed by atoms with Crippen molar-refractivity contribution < 1.29 is 8.42 Å². The Labute approximate surface area is 118 Å². The monoisotopic (exact) mass is 308 g/mol. The molecule has 0 aromatic carbocycles. The molecule has 1 aromatic rings. The average molecular weight is 308 g/mol. The Morgan fingerprint density at radius 1 is 1.44 bits per heavy atom. The zero-order chi connectivity index (χ0) is 13.6. The van der Waals surface area contributed by atoms with Crippen LogP contribution in [0.4, 0.5) is 0 Å². The summed E-state index contributed by atoms with van der Waals surface area (Å²) >= 11 is 3.05. The van der Waals surface area contributed by atoms with Crippen LogP contribution < -0.4 is 10.0 Å². The summed E-state index contributed by atoms with van der Waals surface area (Å²) in [5.74, 6) is 0. The van der Waals surface area contributed by atoms with Crippen LogP contribution in [0, 0.1) is 0 Å². The Hall–Kier alpha value is -0.0800. The highest BCUT2D eigenvalue weighted by Gasteiger charge is 2.16. The van der Waals surface area contributed by atoms with Crippen molar-refractivity contribution in [2.75, 3.05) is 19.8 Å². The molecule has 0 aliphatic rings. The summed E-state index contributed by atoms with van der Waals surface area (Å²) in [7, 11) is -1.49. The molecule has 1 unspecified atom stereocenters. The van der Waals surface area contributed by atoms with Crippen LogP contribution in [0.3, 0.4) is 0 Å². The van der Waals surface area contributed by atoms with Crippen LogP contribution in [0.15, 0.2) is 16.3 Å². The van der Waals surface area contributed by atoms with Gasteiger partial charge in [-0.1, -0.05) is 6.92 Å². The van der Waals surface area contributed by atoms with Gasteiger partial charge in [-0.2, -0.15) is 11.8 Å². The maximum Gasteiger partial charge on any atom is 0.250 e. The van der Waals surface area contributed by atoms with Crippen LogP contribution >= 0.6 is 23.1 Å². The predicted octanol–water partition coefficient (Wildman–Crippen LogP) is 1.89. The van der Waals surface area contributed by atoms with Gasteiger partial charge in [0.1, 0.15) is 4.21 Å². The van der Waals surface area contributed by atoms with Gasteiger partial charge in [0, 0.05) is 23.2 Å². The first-order valence-corrected chi connectivity index (χ1v) is 9.34. The molecule has 2 N–H and O–H groups in total. The molecule has 0 aliphatic heterocycles. The van der Waals surface area contributed by atoms with E-state index in [-0.39, 0.29) is 0 Å². The van der Waals surface area contributed by atoms with Gasteiger partial charge in [-0.3, -0.25) is 0 Å². The Kier molecular flexibility index (Phi) is 6.65. The Bertz CT molecular complexity index is 457. The van der Waals surface area contributed by atoms with Crippen LogP contribution in [-0.4, -0.2) is 33.5 Å². The van der Waals surface area contributed by atoms with Crippen molar-refractivity contribution in [3.63, 3.8) is 0 Å². The summed E-state index contributed by atoms with van der Waals surface area (Å²) in [4.78, 5) is 1.02. The lowest BCUT2D eigenvalue weighted by Gasteiger charge is -2.08. The van der Waals surface area contributed by atoms with E-state index in [2.05, 4.69) is 17.0 Å². The Balaban J connectivity index is 2.56. The average Bonchev–Trinajstić information content (AvgIpc) is 2.78. The molecule has 0 fully saturated rings. The maximum absolute atomic E-state index is 12.0.